The van der Waals surface area contributed by atoms with Gasteiger partial charge in [0.2, 0.25) is 0 Å². The van der Waals surface area contributed by atoms with Gasteiger partial charge in [0, 0.05) is 38.8 Å². The number of nitrogen functional groups attached to an aromatic ring is 1. The van der Waals surface area contributed by atoms with Crippen LogP contribution in [0.5, 0.6) is 0 Å². The van der Waals surface area contributed by atoms with Gasteiger partial charge in [-0.1, -0.05) is 13.8 Å². The molecule has 20 heavy (non-hydrogen) atoms. The van der Waals surface area contributed by atoms with Gasteiger partial charge in [-0.3, -0.25) is 0 Å². The van der Waals surface area contributed by atoms with E-state index in [-0.39, 0.29) is 5.92 Å². The second-order valence-electron chi connectivity index (χ2n) is 5.65. The molecule has 1 aromatic heterocycles. The number of rotatable bonds is 5. The summed E-state index contributed by atoms with van der Waals surface area (Å²) in [7, 11) is 1.77. The number of nitrogens with zero attached hydrogens (tertiary/aromatic N) is 3. The van der Waals surface area contributed by atoms with E-state index in [2.05, 4.69) is 34.1 Å². The normalized spacial score (nSPS) is 16.8. The first-order valence-electron chi connectivity index (χ1n) is 7.23. The lowest BCUT2D eigenvalue weighted by molar-refractivity contribution is 0.139. The number of ether oxygens (including phenoxy) is 1. The first-order chi connectivity index (χ1) is 9.63. The molecule has 0 amide bonds. The van der Waals surface area contributed by atoms with E-state index in [4.69, 9.17) is 10.6 Å². The van der Waals surface area contributed by atoms with Gasteiger partial charge in [0.15, 0.2) is 0 Å². The van der Waals surface area contributed by atoms with Crippen molar-refractivity contribution < 1.29 is 4.74 Å². The summed E-state index contributed by atoms with van der Waals surface area (Å²) < 4.78 is 5.24. The number of aromatic nitrogens is 2. The van der Waals surface area contributed by atoms with Crippen molar-refractivity contribution in [1.82, 2.24) is 9.97 Å². The smallest absolute Gasteiger partial charge is 0.145 e. The van der Waals surface area contributed by atoms with Crippen molar-refractivity contribution in [3.05, 3.63) is 11.9 Å². The molecular weight excluding hydrogens is 254 g/mol. The number of methoxy groups -OCH3 is 1. The Kier molecular flexibility index (Phi) is 5.14. The fraction of sp³-hybridized carbons (Fsp3) is 0.714. The Morgan fingerprint density at radius 2 is 2.10 bits per heavy atom. The molecule has 2 heterocycles. The minimum absolute atomic E-state index is 0.285. The Balaban J connectivity index is 2.10. The van der Waals surface area contributed by atoms with Gasteiger partial charge in [0.1, 0.15) is 17.5 Å². The highest BCUT2D eigenvalue weighted by atomic mass is 16.5. The predicted molar refractivity (Wildman–Crippen MR) is 80.7 cm³/mol. The molecule has 0 unspecified atom stereocenters. The average molecular weight is 279 g/mol. The molecule has 1 fully saturated rings. The summed E-state index contributed by atoms with van der Waals surface area (Å²) in [6.45, 7) is 7.04. The first kappa shape index (κ1) is 15.0. The number of nitrogens with two attached hydrogens (primary N) is 1. The van der Waals surface area contributed by atoms with E-state index in [0.29, 0.717) is 11.7 Å². The van der Waals surface area contributed by atoms with Crippen LogP contribution in [0.15, 0.2) is 6.07 Å². The Morgan fingerprint density at radius 1 is 1.40 bits per heavy atom. The standard InChI is InChI=1S/C14H25N5O/c1-10(2)14-16-12(18-15)8-13(17-14)19-6-4-11(5-7-19)9-20-3/h8,10-11H,4-7,9,15H2,1-3H3,(H,16,17,18). The van der Waals surface area contributed by atoms with Crippen LogP contribution in [0.25, 0.3) is 0 Å². The molecule has 0 atom stereocenters. The van der Waals surface area contributed by atoms with Crippen LogP contribution in [-0.2, 0) is 4.74 Å². The minimum Gasteiger partial charge on any atom is -0.384 e. The van der Waals surface area contributed by atoms with E-state index < -0.39 is 0 Å². The van der Waals surface area contributed by atoms with Crippen LogP contribution in [0.2, 0.25) is 0 Å². The molecule has 6 nitrogen and oxygen atoms in total. The summed E-state index contributed by atoms with van der Waals surface area (Å²) >= 11 is 0. The van der Waals surface area contributed by atoms with Crippen LogP contribution in [0.1, 0.15) is 38.4 Å². The maximum absolute atomic E-state index is 5.50. The van der Waals surface area contributed by atoms with Gasteiger partial charge in [-0.2, -0.15) is 0 Å². The van der Waals surface area contributed by atoms with Crippen molar-refractivity contribution in [2.24, 2.45) is 11.8 Å². The van der Waals surface area contributed by atoms with E-state index in [0.717, 1.165) is 44.2 Å². The molecule has 1 aromatic rings. The summed E-state index contributed by atoms with van der Waals surface area (Å²) in [6.07, 6.45) is 2.28. The number of hydrogen-bond donors (Lipinski definition) is 2. The molecule has 0 saturated carbocycles. The van der Waals surface area contributed by atoms with Gasteiger partial charge >= 0.3 is 0 Å². The minimum atomic E-state index is 0.285. The van der Waals surface area contributed by atoms with Gasteiger partial charge in [0.25, 0.3) is 0 Å². The van der Waals surface area contributed by atoms with Gasteiger partial charge in [-0.25, -0.2) is 15.8 Å². The molecule has 2 rings (SSSR count). The van der Waals surface area contributed by atoms with Crippen molar-refractivity contribution in [3.8, 4) is 0 Å². The molecule has 0 bridgehead atoms. The Labute approximate surface area is 120 Å². The predicted octanol–water partition coefficient (Wildman–Crippen LogP) is 1.75. The third-order valence-corrected chi connectivity index (χ3v) is 3.74. The molecule has 112 valence electrons. The van der Waals surface area contributed by atoms with Crippen LogP contribution in [0.4, 0.5) is 11.6 Å². The highest BCUT2D eigenvalue weighted by Gasteiger charge is 2.21. The van der Waals surface area contributed by atoms with E-state index in [1.54, 1.807) is 7.11 Å². The van der Waals surface area contributed by atoms with E-state index in [9.17, 15) is 0 Å². The van der Waals surface area contributed by atoms with Crippen LogP contribution in [0, 0.1) is 5.92 Å². The van der Waals surface area contributed by atoms with Gasteiger partial charge in [-0.15, -0.1) is 0 Å². The summed E-state index contributed by atoms with van der Waals surface area (Å²) in [5, 5.41) is 0. The van der Waals surface area contributed by atoms with Crippen molar-refractivity contribution in [1.29, 1.82) is 0 Å². The fourth-order valence-corrected chi connectivity index (χ4v) is 2.51. The maximum Gasteiger partial charge on any atom is 0.145 e. The molecule has 1 saturated heterocycles. The van der Waals surface area contributed by atoms with E-state index in [1.165, 1.54) is 0 Å². The van der Waals surface area contributed by atoms with Gasteiger partial charge in [0.05, 0.1) is 0 Å². The number of nitrogens with one attached hydrogen (secondary N) is 1. The third kappa shape index (κ3) is 3.58. The summed E-state index contributed by atoms with van der Waals surface area (Å²) in [5.74, 6) is 8.92. The SMILES string of the molecule is COCC1CCN(c2cc(NN)nc(C(C)C)n2)CC1. The molecule has 6 heteroatoms. The lowest BCUT2D eigenvalue weighted by Crippen LogP contribution is -2.35. The van der Waals surface area contributed by atoms with Crippen LogP contribution >= 0.6 is 0 Å². The van der Waals surface area contributed by atoms with Crippen molar-refractivity contribution in [3.63, 3.8) is 0 Å². The van der Waals surface area contributed by atoms with Crippen molar-refractivity contribution in [2.45, 2.75) is 32.6 Å². The monoisotopic (exact) mass is 279 g/mol. The number of hydrazine groups is 1. The zero-order chi connectivity index (χ0) is 14.5. The topological polar surface area (TPSA) is 76.3 Å². The molecule has 1 aliphatic rings. The van der Waals surface area contributed by atoms with Gasteiger partial charge < -0.3 is 15.1 Å². The number of piperidine rings is 1. The Morgan fingerprint density at radius 3 is 2.65 bits per heavy atom. The van der Waals surface area contributed by atoms with Crippen LogP contribution in [-0.4, -0.2) is 36.8 Å². The number of anilines is 2. The highest BCUT2D eigenvalue weighted by Crippen LogP contribution is 2.25. The second-order valence-corrected chi connectivity index (χ2v) is 5.65. The Hall–Kier alpha value is -1.40. The van der Waals surface area contributed by atoms with Crippen molar-refractivity contribution in [2.75, 3.05) is 37.1 Å². The zero-order valence-electron chi connectivity index (χ0n) is 12.6. The second kappa shape index (κ2) is 6.85. The zero-order valence-corrected chi connectivity index (χ0v) is 12.6. The maximum atomic E-state index is 5.50. The molecule has 0 spiro atoms. The van der Waals surface area contributed by atoms with Gasteiger partial charge in [-0.05, 0) is 18.8 Å². The fourth-order valence-electron chi connectivity index (χ4n) is 2.51. The lowest BCUT2D eigenvalue weighted by atomic mass is 9.98. The molecular formula is C14H25N5O. The van der Waals surface area contributed by atoms with Crippen LogP contribution < -0.4 is 16.2 Å². The summed E-state index contributed by atoms with van der Waals surface area (Å²) in [6, 6.07) is 1.92. The largest absolute Gasteiger partial charge is 0.384 e. The molecule has 1 aliphatic heterocycles. The number of hydrogen-bond acceptors (Lipinski definition) is 6. The summed E-state index contributed by atoms with van der Waals surface area (Å²) in [4.78, 5) is 11.4. The highest BCUT2D eigenvalue weighted by molar-refractivity contribution is 5.49. The first-order valence-corrected chi connectivity index (χ1v) is 7.23. The molecule has 3 N–H and O–H groups in total. The van der Waals surface area contributed by atoms with E-state index in [1.807, 2.05) is 6.07 Å². The quantitative estimate of drug-likeness (QED) is 0.631. The van der Waals surface area contributed by atoms with Crippen molar-refractivity contribution >= 4 is 11.6 Å². The molecule has 0 aliphatic carbocycles. The molecule has 0 radical (unpaired) electrons. The summed E-state index contributed by atoms with van der Waals surface area (Å²) in [5.41, 5.74) is 2.63. The van der Waals surface area contributed by atoms with E-state index >= 15 is 0 Å². The molecule has 0 aromatic carbocycles. The Bertz CT molecular complexity index is 430. The average Bonchev–Trinajstić information content (AvgIpc) is 2.47. The third-order valence-electron chi connectivity index (χ3n) is 3.74. The van der Waals surface area contributed by atoms with Crippen LogP contribution in [0.3, 0.4) is 0 Å². The lowest BCUT2D eigenvalue weighted by Gasteiger charge is -2.32.